The van der Waals surface area contributed by atoms with Crippen molar-refractivity contribution in [2.24, 2.45) is 0 Å². The number of nitrogens with zero attached hydrogens (tertiary/aromatic N) is 1. The fraction of sp³-hybridized carbons (Fsp3) is 0.520. The number of esters is 1. The Balaban J connectivity index is 1.79. The summed E-state index contributed by atoms with van der Waals surface area (Å²) in [5.41, 5.74) is 0.894. The van der Waals surface area contributed by atoms with E-state index in [0.29, 0.717) is 32.1 Å². The molecule has 2 rings (SSSR count). The van der Waals surface area contributed by atoms with Crippen molar-refractivity contribution < 1.29 is 28.2 Å². The number of carbonyl (C=O) groups is 2. The normalized spacial score (nSPS) is 18.4. The van der Waals surface area contributed by atoms with E-state index in [2.05, 4.69) is 16.6 Å². The third-order valence-electron chi connectivity index (χ3n) is 5.32. The molecule has 1 aromatic carbocycles. The molecule has 1 aromatic rings. The van der Waals surface area contributed by atoms with Crippen molar-refractivity contribution in [2.45, 2.75) is 69.4 Å². The third-order valence-corrected chi connectivity index (χ3v) is 5.32. The van der Waals surface area contributed by atoms with Gasteiger partial charge >= 0.3 is 11.9 Å². The fourth-order valence-corrected chi connectivity index (χ4v) is 3.53. The van der Waals surface area contributed by atoms with E-state index in [1.165, 1.54) is 24.2 Å². The molecule has 1 heterocycles. The molecule has 2 unspecified atom stereocenters. The second-order valence-electron chi connectivity index (χ2n) is 7.87. The number of aliphatic hydroxyl groups is 1. The number of likely N-dealkylation sites (tertiary alicyclic amines) is 1. The van der Waals surface area contributed by atoms with Gasteiger partial charge in [-0.05, 0) is 31.4 Å². The standard InChI is InChI=1S/C25H31F2NO4/c1-32-23(30)15-7-2-3-10-18-28-21(19-25(26,27)24(28)31)16-17-22(29)14-9-8-13-20-11-5-4-6-12-20/h4-6,11-12,16-17,21-22,29H,2-3,7,9-10,14-15,18-19H2,1H3. The molecule has 7 heteroatoms. The lowest BCUT2D eigenvalue weighted by molar-refractivity contribution is -0.148. The molecule has 1 amide bonds. The zero-order valence-electron chi connectivity index (χ0n) is 18.4. The summed E-state index contributed by atoms with van der Waals surface area (Å²) in [6, 6.07) is 8.76. The lowest BCUT2D eigenvalue weighted by Gasteiger charge is -2.22. The summed E-state index contributed by atoms with van der Waals surface area (Å²) in [6.45, 7) is 0.223. The van der Waals surface area contributed by atoms with Gasteiger partial charge < -0.3 is 14.7 Å². The van der Waals surface area contributed by atoms with Gasteiger partial charge in [-0.25, -0.2) is 0 Å². The van der Waals surface area contributed by atoms with E-state index < -0.39 is 30.4 Å². The highest BCUT2D eigenvalue weighted by Crippen LogP contribution is 2.34. The number of benzene rings is 1. The first-order valence-electron chi connectivity index (χ1n) is 11.0. The van der Waals surface area contributed by atoms with Gasteiger partial charge in [0.25, 0.3) is 5.91 Å². The summed E-state index contributed by atoms with van der Waals surface area (Å²) >= 11 is 0. The molecule has 0 bridgehead atoms. The molecule has 0 aliphatic carbocycles. The Morgan fingerprint density at radius 2 is 2.00 bits per heavy atom. The van der Waals surface area contributed by atoms with E-state index >= 15 is 0 Å². The van der Waals surface area contributed by atoms with Crippen molar-refractivity contribution in [3.8, 4) is 11.8 Å². The Bertz CT molecular complexity index is 829. The van der Waals surface area contributed by atoms with Crippen LogP contribution < -0.4 is 0 Å². The minimum absolute atomic E-state index is 0.223. The highest BCUT2D eigenvalue weighted by atomic mass is 19.3. The predicted octanol–water partition coefficient (Wildman–Crippen LogP) is 4.10. The van der Waals surface area contributed by atoms with Crippen LogP contribution in [0.5, 0.6) is 0 Å². The van der Waals surface area contributed by atoms with Gasteiger partial charge in [-0.1, -0.05) is 55.0 Å². The number of methoxy groups -OCH3 is 1. The summed E-state index contributed by atoms with van der Waals surface area (Å²) in [6.07, 6.45) is 5.50. The lowest BCUT2D eigenvalue weighted by atomic mass is 10.1. The van der Waals surface area contributed by atoms with Gasteiger partial charge in [0.2, 0.25) is 0 Å². The van der Waals surface area contributed by atoms with Crippen LogP contribution in [0.2, 0.25) is 0 Å². The molecule has 0 spiro atoms. The van der Waals surface area contributed by atoms with Gasteiger partial charge in [0.05, 0.1) is 19.3 Å². The molecule has 0 saturated carbocycles. The molecule has 1 fully saturated rings. The second-order valence-corrected chi connectivity index (χ2v) is 7.87. The second kappa shape index (κ2) is 13.0. The minimum atomic E-state index is -3.38. The Morgan fingerprint density at radius 1 is 1.28 bits per heavy atom. The van der Waals surface area contributed by atoms with Gasteiger partial charge in [-0.2, -0.15) is 8.78 Å². The van der Waals surface area contributed by atoms with E-state index in [-0.39, 0.29) is 12.5 Å². The highest BCUT2D eigenvalue weighted by molar-refractivity contribution is 5.86. The van der Waals surface area contributed by atoms with E-state index in [9.17, 15) is 23.5 Å². The van der Waals surface area contributed by atoms with Gasteiger partial charge in [0, 0.05) is 31.4 Å². The predicted molar refractivity (Wildman–Crippen MR) is 118 cm³/mol. The van der Waals surface area contributed by atoms with Crippen LogP contribution in [0.4, 0.5) is 8.78 Å². The molecule has 1 N–H and O–H groups in total. The summed E-state index contributed by atoms with van der Waals surface area (Å²) in [5, 5.41) is 10.1. The third kappa shape index (κ3) is 8.43. The largest absolute Gasteiger partial charge is 0.469 e. The maximum atomic E-state index is 14.0. The van der Waals surface area contributed by atoms with E-state index in [1.54, 1.807) is 0 Å². The van der Waals surface area contributed by atoms with E-state index in [1.807, 2.05) is 30.3 Å². The van der Waals surface area contributed by atoms with Gasteiger partial charge in [-0.15, -0.1) is 0 Å². The average molecular weight is 448 g/mol. The van der Waals surface area contributed by atoms with Gasteiger partial charge in [0.15, 0.2) is 0 Å². The number of amides is 1. The molecule has 1 saturated heterocycles. The zero-order chi connectivity index (χ0) is 23.4. The fourth-order valence-electron chi connectivity index (χ4n) is 3.53. The van der Waals surface area contributed by atoms with Crippen LogP contribution in [-0.2, 0) is 14.3 Å². The molecular weight excluding hydrogens is 416 g/mol. The van der Waals surface area contributed by atoms with E-state index in [0.717, 1.165) is 18.4 Å². The SMILES string of the molecule is COC(=O)CCCCCCN1C(=O)C(F)(F)CC1C=CC(O)CCC#Cc1ccccc1. The average Bonchev–Trinajstić information content (AvgIpc) is 3.00. The molecular formula is C25H31F2NO4. The lowest BCUT2D eigenvalue weighted by Crippen LogP contribution is -2.36. The first-order valence-corrected chi connectivity index (χ1v) is 11.0. The minimum Gasteiger partial charge on any atom is -0.469 e. The van der Waals surface area contributed by atoms with E-state index in [4.69, 9.17) is 0 Å². The highest BCUT2D eigenvalue weighted by Gasteiger charge is 2.52. The summed E-state index contributed by atoms with van der Waals surface area (Å²) < 4.78 is 32.5. The maximum absolute atomic E-state index is 14.0. The number of hydrogen-bond acceptors (Lipinski definition) is 4. The van der Waals surface area contributed by atoms with Crippen molar-refractivity contribution in [3.05, 3.63) is 48.0 Å². The van der Waals surface area contributed by atoms with Crippen molar-refractivity contribution >= 4 is 11.9 Å². The number of alkyl halides is 2. The number of halogens is 2. The zero-order valence-corrected chi connectivity index (χ0v) is 18.4. The molecule has 5 nitrogen and oxygen atoms in total. The molecule has 32 heavy (non-hydrogen) atoms. The van der Waals surface area contributed by atoms with Crippen LogP contribution in [0.25, 0.3) is 0 Å². The number of unbranched alkanes of at least 4 members (excludes halogenated alkanes) is 3. The quantitative estimate of drug-likeness (QED) is 0.240. The topological polar surface area (TPSA) is 66.8 Å². The Morgan fingerprint density at radius 3 is 2.72 bits per heavy atom. The Labute approximate surface area is 188 Å². The van der Waals surface area contributed by atoms with Crippen LogP contribution in [0, 0.1) is 11.8 Å². The Kier molecular flexibility index (Phi) is 10.4. The number of rotatable bonds is 11. The number of hydrogen-bond donors (Lipinski definition) is 1. The van der Waals surface area contributed by atoms with Crippen LogP contribution >= 0.6 is 0 Å². The van der Waals surface area contributed by atoms with Crippen LogP contribution in [-0.4, -0.2) is 53.6 Å². The first-order chi connectivity index (χ1) is 15.3. The summed E-state index contributed by atoms with van der Waals surface area (Å²) in [4.78, 5) is 24.4. The first kappa shape index (κ1) is 25.5. The smallest absolute Gasteiger partial charge is 0.327 e. The van der Waals surface area contributed by atoms with Crippen molar-refractivity contribution in [2.75, 3.05) is 13.7 Å². The molecule has 1 aliphatic heterocycles. The van der Waals surface area contributed by atoms with Crippen molar-refractivity contribution in [1.29, 1.82) is 0 Å². The molecule has 1 aliphatic rings. The number of carbonyl (C=O) groups excluding carboxylic acids is 2. The van der Waals surface area contributed by atoms with Crippen LogP contribution in [0.15, 0.2) is 42.5 Å². The molecule has 0 aromatic heterocycles. The maximum Gasteiger partial charge on any atom is 0.327 e. The van der Waals surface area contributed by atoms with Crippen LogP contribution in [0.1, 0.15) is 56.9 Å². The van der Waals surface area contributed by atoms with Gasteiger partial charge in [0.1, 0.15) is 0 Å². The van der Waals surface area contributed by atoms with Crippen molar-refractivity contribution in [3.63, 3.8) is 0 Å². The molecule has 2 atom stereocenters. The summed E-state index contributed by atoms with van der Waals surface area (Å²) in [5.74, 6) is 1.18. The summed E-state index contributed by atoms with van der Waals surface area (Å²) in [7, 11) is 1.34. The monoisotopic (exact) mass is 447 g/mol. The Hall–Kier alpha value is -2.72. The van der Waals surface area contributed by atoms with Gasteiger partial charge in [-0.3, -0.25) is 9.59 Å². The molecule has 174 valence electrons. The molecule has 0 radical (unpaired) electrons. The number of aliphatic hydroxyl groups excluding tert-OH is 1. The van der Waals surface area contributed by atoms with Crippen molar-refractivity contribution in [1.82, 2.24) is 4.90 Å². The van der Waals surface area contributed by atoms with Crippen LogP contribution in [0.3, 0.4) is 0 Å². The number of ether oxygens (including phenoxy) is 1.